The summed E-state index contributed by atoms with van der Waals surface area (Å²) in [6.45, 7) is 4.17. The van der Waals surface area contributed by atoms with Crippen LogP contribution in [0.4, 0.5) is 0 Å². The third kappa shape index (κ3) is 4.88. The molecule has 1 fully saturated rings. The Hall–Kier alpha value is -2.89. The van der Waals surface area contributed by atoms with E-state index >= 15 is 0 Å². The number of likely N-dealkylation sites (tertiary alicyclic amines) is 1. The normalized spacial score (nSPS) is 15.1. The number of carbonyl (C=O) groups is 2. The van der Waals surface area contributed by atoms with E-state index in [1.165, 1.54) is 0 Å². The van der Waals surface area contributed by atoms with Crippen LogP contribution < -0.4 is 0 Å². The molecule has 1 aromatic heterocycles. The standard InChI is InChI=1S/C22H28N4O2/c1-3-13-26(21(27)10-9-18-16-23-24(2)17-18)20-11-14-25(15-12-20)22(28)19-7-5-4-6-8-19/h4-10,16-17,20H,3,11-15H2,1-2H3/b10-9+. The molecule has 0 N–H and O–H groups in total. The molecule has 2 amide bonds. The monoisotopic (exact) mass is 380 g/mol. The number of piperidine rings is 1. The first-order valence-corrected chi connectivity index (χ1v) is 9.90. The molecule has 1 saturated heterocycles. The highest BCUT2D eigenvalue weighted by Crippen LogP contribution is 2.19. The van der Waals surface area contributed by atoms with Gasteiger partial charge in [-0.3, -0.25) is 14.3 Å². The number of hydrogen-bond acceptors (Lipinski definition) is 3. The van der Waals surface area contributed by atoms with Gasteiger partial charge in [-0.15, -0.1) is 0 Å². The van der Waals surface area contributed by atoms with Gasteiger partial charge in [-0.25, -0.2) is 0 Å². The lowest BCUT2D eigenvalue weighted by Gasteiger charge is -2.38. The van der Waals surface area contributed by atoms with Crippen LogP contribution in [0.5, 0.6) is 0 Å². The molecule has 1 aromatic carbocycles. The minimum Gasteiger partial charge on any atom is -0.338 e. The third-order valence-corrected chi connectivity index (χ3v) is 5.10. The molecule has 0 unspecified atom stereocenters. The molecule has 0 saturated carbocycles. The highest BCUT2D eigenvalue weighted by molar-refractivity contribution is 5.94. The number of rotatable bonds is 6. The summed E-state index contributed by atoms with van der Waals surface area (Å²) >= 11 is 0. The summed E-state index contributed by atoms with van der Waals surface area (Å²) in [4.78, 5) is 29.3. The lowest BCUT2D eigenvalue weighted by molar-refractivity contribution is -0.129. The summed E-state index contributed by atoms with van der Waals surface area (Å²) in [6.07, 6.45) is 9.59. The van der Waals surface area contributed by atoms with Gasteiger partial charge in [0.05, 0.1) is 6.20 Å². The van der Waals surface area contributed by atoms with Crippen molar-refractivity contribution in [2.45, 2.75) is 32.2 Å². The predicted molar refractivity (Wildman–Crippen MR) is 110 cm³/mol. The van der Waals surface area contributed by atoms with E-state index in [0.717, 1.165) is 36.9 Å². The molecule has 1 aliphatic heterocycles. The van der Waals surface area contributed by atoms with E-state index in [1.54, 1.807) is 17.0 Å². The molecule has 3 rings (SSSR count). The van der Waals surface area contributed by atoms with E-state index in [9.17, 15) is 9.59 Å². The third-order valence-electron chi connectivity index (χ3n) is 5.10. The van der Waals surface area contributed by atoms with Crippen molar-refractivity contribution in [1.29, 1.82) is 0 Å². The lowest BCUT2D eigenvalue weighted by Crippen LogP contribution is -2.48. The molecule has 1 aliphatic rings. The summed E-state index contributed by atoms with van der Waals surface area (Å²) in [7, 11) is 1.85. The minimum absolute atomic E-state index is 0.0264. The fraction of sp³-hybridized carbons (Fsp3) is 0.409. The Morgan fingerprint density at radius 1 is 1.21 bits per heavy atom. The molecule has 0 spiro atoms. The van der Waals surface area contributed by atoms with E-state index in [0.29, 0.717) is 13.1 Å². The van der Waals surface area contributed by atoms with Crippen molar-refractivity contribution in [3.8, 4) is 0 Å². The van der Waals surface area contributed by atoms with E-state index in [2.05, 4.69) is 12.0 Å². The second-order valence-electron chi connectivity index (χ2n) is 7.20. The zero-order valence-electron chi connectivity index (χ0n) is 16.6. The first-order valence-electron chi connectivity index (χ1n) is 9.90. The Bertz CT molecular complexity index is 820. The Balaban J connectivity index is 1.60. The SMILES string of the molecule is CCCN(C(=O)/C=C/c1cnn(C)c1)C1CCN(C(=O)c2ccccc2)CC1. The highest BCUT2D eigenvalue weighted by Gasteiger charge is 2.28. The van der Waals surface area contributed by atoms with Gasteiger partial charge in [0.1, 0.15) is 0 Å². The van der Waals surface area contributed by atoms with Crippen LogP contribution in [0.3, 0.4) is 0 Å². The molecule has 0 atom stereocenters. The molecule has 0 bridgehead atoms. The Kier molecular flexibility index (Phi) is 6.63. The van der Waals surface area contributed by atoms with E-state index in [4.69, 9.17) is 0 Å². The van der Waals surface area contributed by atoms with Gasteiger partial charge in [-0.05, 0) is 37.5 Å². The smallest absolute Gasteiger partial charge is 0.253 e. The largest absolute Gasteiger partial charge is 0.338 e. The van der Waals surface area contributed by atoms with Crippen LogP contribution in [0.2, 0.25) is 0 Å². The molecule has 28 heavy (non-hydrogen) atoms. The van der Waals surface area contributed by atoms with Gasteiger partial charge >= 0.3 is 0 Å². The van der Waals surface area contributed by atoms with E-state index in [-0.39, 0.29) is 17.9 Å². The van der Waals surface area contributed by atoms with Crippen molar-refractivity contribution in [3.05, 3.63) is 59.9 Å². The molecule has 0 aliphatic carbocycles. The first-order chi connectivity index (χ1) is 13.6. The summed E-state index contributed by atoms with van der Waals surface area (Å²) in [5.74, 6) is 0.0995. The van der Waals surface area contributed by atoms with Crippen LogP contribution in [-0.2, 0) is 11.8 Å². The maximum atomic E-state index is 12.8. The van der Waals surface area contributed by atoms with Crippen molar-refractivity contribution in [3.63, 3.8) is 0 Å². The van der Waals surface area contributed by atoms with Crippen LogP contribution in [0.25, 0.3) is 6.08 Å². The maximum Gasteiger partial charge on any atom is 0.253 e. The van der Waals surface area contributed by atoms with Crippen molar-refractivity contribution in [2.75, 3.05) is 19.6 Å². The number of aryl methyl sites for hydroxylation is 1. The van der Waals surface area contributed by atoms with Gasteiger partial charge in [0.15, 0.2) is 0 Å². The molecule has 148 valence electrons. The predicted octanol–water partition coefficient (Wildman–Crippen LogP) is 2.98. The van der Waals surface area contributed by atoms with Crippen LogP contribution >= 0.6 is 0 Å². The Morgan fingerprint density at radius 3 is 2.54 bits per heavy atom. The van der Waals surface area contributed by atoms with Crippen LogP contribution in [-0.4, -0.2) is 57.1 Å². The van der Waals surface area contributed by atoms with Crippen LogP contribution in [0.15, 0.2) is 48.8 Å². The van der Waals surface area contributed by atoms with Gasteiger partial charge in [-0.1, -0.05) is 25.1 Å². The van der Waals surface area contributed by atoms with Crippen LogP contribution in [0.1, 0.15) is 42.1 Å². The fourth-order valence-corrected chi connectivity index (χ4v) is 3.65. The Labute approximate surface area is 166 Å². The van der Waals surface area contributed by atoms with Gasteiger partial charge in [0.25, 0.3) is 5.91 Å². The zero-order chi connectivity index (χ0) is 19.9. The summed E-state index contributed by atoms with van der Waals surface area (Å²) < 4.78 is 1.72. The van der Waals surface area contributed by atoms with Gasteiger partial charge in [-0.2, -0.15) is 5.10 Å². The molecule has 6 heteroatoms. The molecule has 2 aromatic rings. The molecule has 2 heterocycles. The Morgan fingerprint density at radius 2 is 1.93 bits per heavy atom. The summed E-state index contributed by atoms with van der Waals surface area (Å²) in [5.41, 5.74) is 1.64. The molecule has 0 radical (unpaired) electrons. The fourth-order valence-electron chi connectivity index (χ4n) is 3.65. The summed E-state index contributed by atoms with van der Waals surface area (Å²) in [6, 6.07) is 9.56. The second-order valence-corrected chi connectivity index (χ2v) is 7.20. The zero-order valence-corrected chi connectivity index (χ0v) is 16.6. The topological polar surface area (TPSA) is 58.4 Å². The summed E-state index contributed by atoms with van der Waals surface area (Å²) in [5, 5.41) is 4.12. The number of carbonyl (C=O) groups excluding carboxylic acids is 2. The number of amides is 2. The second kappa shape index (κ2) is 9.35. The van der Waals surface area contributed by atoms with Crippen molar-refractivity contribution in [2.24, 2.45) is 7.05 Å². The number of hydrogen-bond donors (Lipinski definition) is 0. The molecular formula is C22H28N4O2. The van der Waals surface area contributed by atoms with Crippen LogP contribution in [0, 0.1) is 0 Å². The lowest BCUT2D eigenvalue weighted by atomic mass is 10.0. The molecule has 6 nitrogen and oxygen atoms in total. The van der Waals surface area contributed by atoms with Gasteiger partial charge < -0.3 is 9.80 Å². The number of nitrogens with zero attached hydrogens (tertiary/aromatic N) is 4. The minimum atomic E-state index is 0.0264. The maximum absolute atomic E-state index is 12.8. The average molecular weight is 380 g/mol. The number of benzene rings is 1. The molecular weight excluding hydrogens is 352 g/mol. The van der Waals surface area contributed by atoms with Gasteiger partial charge in [0, 0.05) is 56.1 Å². The first kappa shape index (κ1) is 19.9. The quantitative estimate of drug-likeness (QED) is 0.724. The number of aromatic nitrogens is 2. The van der Waals surface area contributed by atoms with Crippen molar-refractivity contribution >= 4 is 17.9 Å². The highest BCUT2D eigenvalue weighted by atomic mass is 16.2. The van der Waals surface area contributed by atoms with Gasteiger partial charge in [0.2, 0.25) is 5.91 Å². The van der Waals surface area contributed by atoms with E-state index < -0.39 is 0 Å². The van der Waals surface area contributed by atoms with E-state index in [1.807, 2.05) is 59.5 Å². The average Bonchev–Trinajstić information content (AvgIpc) is 3.15. The van der Waals surface area contributed by atoms with Crippen molar-refractivity contribution < 1.29 is 9.59 Å². The van der Waals surface area contributed by atoms with Crippen molar-refractivity contribution in [1.82, 2.24) is 19.6 Å².